The fourth-order valence-corrected chi connectivity index (χ4v) is 19.9. The molecule has 12 aromatic rings. The second kappa shape index (κ2) is 40.0. The second-order valence-electron chi connectivity index (χ2n) is 23.9. The molecule has 102 heavy (non-hydrogen) atoms. The van der Waals surface area contributed by atoms with Gasteiger partial charge in [0.15, 0.2) is 0 Å². The van der Waals surface area contributed by atoms with Crippen molar-refractivity contribution in [2.45, 2.75) is 50.3 Å². The monoisotopic (exact) mass is 1700 g/mol. The van der Waals surface area contributed by atoms with Crippen LogP contribution in [0.25, 0.3) is 0 Å². The van der Waals surface area contributed by atoms with E-state index in [0.717, 1.165) is 22.3 Å². The van der Waals surface area contributed by atoms with Gasteiger partial charge in [0.25, 0.3) is 0 Å². The van der Waals surface area contributed by atoms with E-state index in [4.69, 9.17) is 0 Å². The van der Waals surface area contributed by atoms with Gasteiger partial charge in [0.05, 0.1) is 0 Å². The SMILES string of the molecule is [Ni+2].[Ni+2].[Ni+2].[Ni+2].[Ni+2].[Ni+2].[O-]P([O-])([O-])(Cc1ccccc1)c1ccccc1Cc1ccccc1.[O-]P([O-])([O-])(Cc1ccccc1)c1ccccc1Cc1ccccc1.[O-]P([O-])([O-])(Cc1ccccc1)c1ccccc1Cc1ccccc1.[O-]P([O-])([O-])(Cc1ccccc1)c1ccccc1Cc1ccccc1. The summed E-state index contributed by atoms with van der Waals surface area (Å²) >= 11 is 0. The van der Waals surface area contributed by atoms with Crippen molar-refractivity contribution >= 4 is 50.4 Å². The van der Waals surface area contributed by atoms with Gasteiger partial charge in [-0.05, 0) is 0 Å². The first-order valence-electron chi connectivity index (χ1n) is 31.2. The van der Waals surface area contributed by atoms with Gasteiger partial charge in [-0.2, -0.15) is 0 Å². The minimum atomic E-state index is -5.75. The van der Waals surface area contributed by atoms with Gasteiger partial charge in [0.2, 0.25) is 0 Å². The molecule has 0 unspecified atom stereocenters. The van der Waals surface area contributed by atoms with Crippen molar-refractivity contribution in [3.8, 4) is 0 Å². The third kappa shape index (κ3) is 27.3. The first kappa shape index (κ1) is 91.1. The Bertz CT molecular complexity index is 3840. The zero-order valence-electron chi connectivity index (χ0n) is 54.6. The van der Waals surface area contributed by atoms with Crippen LogP contribution in [0.5, 0.6) is 0 Å². The summed E-state index contributed by atoms with van der Waals surface area (Å²) in [5.74, 6) is 0. The van der Waals surface area contributed by atoms with Crippen molar-refractivity contribution in [2.24, 2.45) is 0 Å². The molecule has 0 aromatic heterocycles. The first-order valence-corrected chi connectivity index (χ1v) is 39.9. The Morgan fingerprint density at radius 3 is 0.412 bits per heavy atom. The first-order chi connectivity index (χ1) is 45.7. The van der Waals surface area contributed by atoms with Crippen LogP contribution in [-0.2, 0) is 149 Å². The molecule has 0 atom stereocenters. The van der Waals surface area contributed by atoms with Gasteiger partial charge in [-0.3, -0.25) is 0 Å². The van der Waals surface area contributed by atoms with E-state index in [0.29, 0.717) is 70.2 Å². The van der Waals surface area contributed by atoms with E-state index in [1.807, 2.05) is 121 Å². The predicted molar refractivity (Wildman–Crippen MR) is 370 cm³/mol. The third-order valence-corrected chi connectivity index (χ3v) is 25.1. The van der Waals surface area contributed by atoms with Gasteiger partial charge in [-0.25, -0.2) is 0 Å². The van der Waals surface area contributed by atoms with E-state index in [1.54, 1.807) is 194 Å². The summed E-state index contributed by atoms with van der Waals surface area (Å²) in [5, 5.41) is -0.403. The zero-order valence-corrected chi connectivity index (χ0v) is 64.1. The molecule has 544 valence electrons. The fraction of sp³-hybridized carbons (Fsp3) is 0.100. The molecule has 12 rings (SSSR count). The van der Waals surface area contributed by atoms with Crippen molar-refractivity contribution in [2.75, 3.05) is 0 Å². The van der Waals surface area contributed by atoms with Crippen molar-refractivity contribution < 1.29 is 158 Å². The predicted octanol–water partition coefficient (Wildman–Crippen LogP) is 5.91. The van der Waals surface area contributed by atoms with E-state index in [2.05, 4.69) is 0 Å². The van der Waals surface area contributed by atoms with Crippen LogP contribution in [0.3, 0.4) is 0 Å². The van der Waals surface area contributed by atoms with Crippen molar-refractivity contribution in [1.82, 2.24) is 0 Å². The summed E-state index contributed by atoms with van der Waals surface area (Å²) in [5.41, 5.74) is 8.05. The van der Waals surface area contributed by atoms with Crippen LogP contribution in [0.2, 0.25) is 0 Å². The normalized spacial score (nSPS) is 12.4. The van der Waals surface area contributed by atoms with Crippen LogP contribution in [0.15, 0.2) is 340 Å². The van der Waals surface area contributed by atoms with Crippen LogP contribution < -0.4 is 79.9 Å². The van der Waals surface area contributed by atoms with Gasteiger partial charge >= 0.3 is 665 Å². The van der Waals surface area contributed by atoms with Gasteiger partial charge in [0.1, 0.15) is 0 Å². The van der Waals surface area contributed by atoms with Crippen LogP contribution in [-0.4, -0.2) is 0 Å². The molecule has 0 saturated carbocycles. The van der Waals surface area contributed by atoms with Gasteiger partial charge in [-0.1, -0.05) is 0 Å². The molecule has 0 aliphatic heterocycles. The summed E-state index contributed by atoms with van der Waals surface area (Å²) in [6.45, 7) is 0. The minimum absolute atomic E-state index is 0. The summed E-state index contributed by atoms with van der Waals surface area (Å²) in [7, 11) is -23.0. The standard InChI is InChI=1S/4C20H18O3P.6Ni/c4*21-24(22,23,16-18-11-5-2-6-12-18)20-14-8-7-13-19(20)15-17-9-3-1-4-10-17;;;;;;/h4*1-14H,15-16H2;;;;;;/q4*-3;6*+2. The fourth-order valence-electron chi connectivity index (χ4n) is 11.5. The molecule has 0 aliphatic carbocycles. The Hall–Kier alpha value is -5.16. The number of benzene rings is 12. The molecule has 0 fully saturated rings. The Morgan fingerprint density at radius 1 is 0.147 bits per heavy atom. The molecule has 0 aliphatic rings. The molecule has 0 radical (unpaired) electrons. The maximum atomic E-state index is 12.9. The number of hydrogen-bond donors (Lipinski definition) is 0. The average Bonchev–Trinajstić information content (AvgIpc) is 0.783. The molecule has 0 saturated heterocycles. The van der Waals surface area contributed by atoms with Crippen molar-refractivity contribution in [3.63, 3.8) is 0 Å². The van der Waals surface area contributed by atoms with E-state index >= 15 is 0 Å². The molecule has 0 spiro atoms. The second-order valence-corrected chi connectivity index (χ2v) is 35.4. The van der Waals surface area contributed by atoms with Crippen LogP contribution in [0.1, 0.15) is 66.8 Å². The molecule has 0 amide bonds. The van der Waals surface area contributed by atoms with E-state index < -0.39 is 53.8 Å². The molecule has 12 aromatic carbocycles. The average molecular weight is 1700 g/mol. The van der Waals surface area contributed by atoms with Crippen LogP contribution >= 0.6 is 29.1 Å². The number of rotatable bonds is 20. The molecule has 12 nitrogen and oxygen atoms in total. The van der Waals surface area contributed by atoms with Gasteiger partial charge in [0, 0.05) is 0 Å². The molecule has 0 bridgehead atoms. The van der Waals surface area contributed by atoms with Gasteiger partial charge in [-0.15, -0.1) is 0 Å². The van der Waals surface area contributed by atoms with Crippen LogP contribution in [0.4, 0.5) is 0 Å². The van der Waals surface area contributed by atoms with Crippen molar-refractivity contribution in [1.29, 1.82) is 0 Å². The molecule has 0 heterocycles. The summed E-state index contributed by atoms with van der Waals surface area (Å²) in [6.07, 6.45) is -0.410. The Kier molecular flexibility index (Phi) is 35.7. The summed E-state index contributed by atoms with van der Waals surface area (Å²) in [4.78, 5) is 155. The van der Waals surface area contributed by atoms with Crippen LogP contribution in [0, 0.1) is 0 Å². The topological polar surface area (TPSA) is 277 Å². The van der Waals surface area contributed by atoms with E-state index in [9.17, 15) is 58.7 Å². The Balaban J connectivity index is 0.000000347. The quantitative estimate of drug-likeness (QED) is 0.0636. The molecule has 22 heteroatoms. The molecule has 0 N–H and O–H groups in total. The summed E-state index contributed by atoms with van der Waals surface area (Å²) in [6, 6.07) is 98.5. The van der Waals surface area contributed by atoms with E-state index in [1.165, 1.54) is 24.3 Å². The molecular formula is C80H72Ni6O12P4. The Labute approximate surface area is 659 Å². The zero-order chi connectivity index (χ0) is 68.3. The molecular weight excluding hydrogens is 1630 g/mol. The van der Waals surface area contributed by atoms with Gasteiger partial charge < -0.3 is 0 Å². The number of hydrogen-bond acceptors (Lipinski definition) is 12. The Morgan fingerprint density at radius 2 is 0.265 bits per heavy atom. The van der Waals surface area contributed by atoms with Crippen molar-refractivity contribution in [3.05, 3.63) is 406 Å². The van der Waals surface area contributed by atoms with E-state index in [-0.39, 0.29) is 120 Å². The summed E-state index contributed by atoms with van der Waals surface area (Å²) < 4.78 is 0. The third-order valence-electron chi connectivity index (χ3n) is 16.0. The maximum absolute atomic E-state index is 12.9.